The quantitative estimate of drug-likeness (QED) is 0.155. The van der Waals surface area contributed by atoms with E-state index < -0.39 is 0 Å². The van der Waals surface area contributed by atoms with Crippen molar-refractivity contribution in [1.29, 1.82) is 0 Å². The molecular weight excluding hydrogens is 707 g/mol. The Morgan fingerprint density at radius 2 is 0.621 bits per heavy atom. The maximum absolute atomic E-state index is 5.16. The van der Waals surface area contributed by atoms with Gasteiger partial charge in [0.15, 0.2) is 23.3 Å². The number of fused-ring (bicyclic) bond motifs is 1. The first kappa shape index (κ1) is 34.6. The molecule has 58 heavy (non-hydrogen) atoms. The van der Waals surface area contributed by atoms with Crippen molar-refractivity contribution < 1.29 is 0 Å². The molecule has 0 radical (unpaired) electrons. The second-order valence-electron chi connectivity index (χ2n) is 14.1. The molecule has 10 rings (SSSR count). The summed E-state index contributed by atoms with van der Waals surface area (Å²) in [6.45, 7) is 0. The van der Waals surface area contributed by atoms with Gasteiger partial charge in [-0.2, -0.15) is 0 Å². The van der Waals surface area contributed by atoms with E-state index in [0.29, 0.717) is 23.3 Å². The third-order valence-electron chi connectivity index (χ3n) is 10.4. The van der Waals surface area contributed by atoms with Crippen LogP contribution in [-0.2, 0) is 0 Å². The Morgan fingerprint density at radius 3 is 1.21 bits per heavy atom. The average molecular weight is 742 g/mol. The van der Waals surface area contributed by atoms with Crippen molar-refractivity contribution in [3.63, 3.8) is 0 Å². The van der Waals surface area contributed by atoms with Gasteiger partial charge in [-0.3, -0.25) is 0 Å². The number of rotatable bonds is 8. The van der Waals surface area contributed by atoms with E-state index in [0.717, 1.165) is 72.2 Å². The van der Waals surface area contributed by atoms with E-state index in [-0.39, 0.29) is 0 Å². The van der Waals surface area contributed by atoms with Crippen molar-refractivity contribution in [2.24, 2.45) is 0 Å². The number of benzene rings is 8. The van der Waals surface area contributed by atoms with Gasteiger partial charge in [0.1, 0.15) is 0 Å². The molecule has 272 valence electrons. The standard InChI is InChI=1S/C53H35N5/c1-5-15-36(16-6-1)37-25-31-44(32-26-37)50-54-47(39-18-7-2-8-19-39)35-48(55-50)40-27-29-41(30-28-40)49-45-24-14-13-17-38(45)33-34-46(49)53-57-51(42-20-9-3-10-21-42)56-52(58-53)43-22-11-4-12-23-43/h1-35H. The summed E-state index contributed by atoms with van der Waals surface area (Å²) in [5, 5.41) is 2.25. The van der Waals surface area contributed by atoms with E-state index in [2.05, 4.69) is 127 Å². The number of nitrogens with zero attached hydrogens (tertiary/aromatic N) is 5. The van der Waals surface area contributed by atoms with Crippen LogP contribution in [0.4, 0.5) is 0 Å². The van der Waals surface area contributed by atoms with Crippen LogP contribution < -0.4 is 0 Å². The van der Waals surface area contributed by atoms with Gasteiger partial charge in [0.05, 0.1) is 11.4 Å². The van der Waals surface area contributed by atoms with Crippen LogP contribution >= 0.6 is 0 Å². The van der Waals surface area contributed by atoms with Gasteiger partial charge in [0.25, 0.3) is 0 Å². The molecule has 5 heteroatoms. The molecule has 0 bridgehead atoms. The van der Waals surface area contributed by atoms with E-state index in [4.69, 9.17) is 24.9 Å². The molecular formula is C53H35N5. The second kappa shape index (κ2) is 15.3. The molecule has 10 aromatic rings. The fraction of sp³-hybridized carbons (Fsp3) is 0. The van der Waals surface area contributed by atoms with Crippen LogP contribution in [0.5, 0.6) is 0 Å². The average Bonchev–Trinajstić information content (AvgIpc) is 3.32. The first-order chi connectivity index (χ1) is 28.7. The van der Waals surface area contributed by atoms with Crippen molar-refractivity contribution in [3.05, 3.63) is 212 Å². The molecule has 0 aliphatic rings. The highest BCUT2D eigenvalue weighted by Gasteiger charge is 2.19. The van der Waals surface area contributed by atoms with Gasteiger partial charge in [-0.15, -0.1) is 0 Å². The minimum absolute atomic E-state index is 0.615. The number of hydrogen-bond acceptors (Lipinski definition) is 5. The molecule has 5 nitrogen and oxygen atoms in total. The molecule has 0 saturated carbocycles. The fourth-order valence-electron chi connectivity index (χ4n) is 7.43. The van der Waals surface area contributed by atoms with E-state index in [1.54, 1.807) is 0 Å². The first-order valence-corrected chi connectivity index (χ1v) is 19.3. The van der Waals surface area contributed by atoms with Gasteiger partial charge in [0, 0.05) is 38.9 Å². The summed E-state index contributed by atoms with van der Waals surface area (Å²) in [7, 11) is 0. The highest BCUT2D eigenvalue weighted by Crippen LogP contribution is 2.39. The van der Waals surface area contributed by atoms with Crippen LogP contribution in [-0.4, -0.2) is 24.9 Å². The lowest BCUT2D eigenvalue weighted by Gasteiger charge is -2.15. The zero-order chi connectivity index (χ0) is 38.7. The Morgan fingerprint density at radius 1 is 0.241 bits per heavy atom. The van der Waals surface area contributed by atoms with E-state index in [1.807, 2.05) is 84.9 Å². The summed E-state index contributed by atoms with van der Waals surface area (Å²) < 4.78 is 0. The van der Waals surface area contributed by atoms with Crippen molar-refractivity contribution in [2.75, 3.05) is 0 Å². The molecule has 8 aromatic carbocycles. The normalized spacial score (nSPS) is 11.1. The summed E-state index contributed by atoms with van der Waals surface area (Å²) in [4.78, 5) is 25.4. The molecule has 0 spiro atoms. The minimum atomic E-state index is 0.615. The second-order valence-corrected chi connectivity index (χ2v) is 14.1. The Labute approximate surface area is 337 Å². The van der Waals surface area contributed by atoms with Crippen molar-refractivity contribution in [1.82, 2.24) is 24.9 Å². The smallest absolute Gasteiger partial charge is 0.164 e. The Bertz CT molecular complexity index is 2950. The summed E-state index contributed by atoms with van der Waals surface area (Å²) in [6.07, 6.45) is 0. The molecule has 0 aliphatic heterocycles. The van der Waals surface area contributed by atoms with Crippen LogP contribution in [0.15, 0.2) is 212 Å². The first-order valence-electron chi connectivity index (χ1n) is 19.3. The van der Waals surface area contributed by atoms with Crippen molar-refractivity contribution in [2.45, 2.75) is 0 Å². The fourth-order valence-corrected chi connectivity index (χ4v) is 7.43. The number of hydrogen-bond donors (Lipinski definition) is 0. The van der Waals surface area contributed by atoms with E-state index >= 15 is 0 Å². The van der Waals surface area contributed by atoms with Crippen molar-refractivity contribution in [3.8, 4) is 90.3 Å². The lowest BCUT2D eigenvalue weighted by Crippen LogP contribution is -2.01. The predicted octanol–water partition coefficient (Wildman–Crippen LogP) is 13.2. The van der Waals surface area contributed by atoms with Gasteiger partial charge in [-0.1, -0.05) is 200 Å². The monoisotopic (exact) mass is 741 g/mol. The molecule has 0 fully saturated rings. The summed E-state index contributed by atoms with van der Waals surface area (Å²) in [5.74, 6) is 2.54. The molecule has 2 heterocycles. The third-order valence-corrected chi connectivity index (χ3v) is 10.4. The highest BCUT2D eigenvalue weighted by atomic mass is 15.0. The maximum atomic E-state index is 5.16. The van der Waals surface area contributed by atoms with Gasteiger partial charge in [-0.05, 0) is 39.6 Å². The van der Waals surface area contributed by atoms with Crippen molar-refractivity contribution >= 4 is 10.8 Å². The summed E-state index contributed by atoms with van der Waals surface area (Å²) in [6, 6.07) is 72.9. The molecule has 0 unspecified atom stereocenters. The van der Waals surface area contributed by atoms with E-state index in [9.17, 15) is 0 Å². The molecule has 0 amide bonds. The van der Waals surface area contributed by atoms with Crippen LogP contribution in [0.25, 0.3) is 101 Å². The minimum Gasteiger partial charge on any atom is -0.228 e. The Balaban J connectivity index is 1.09. The Kier molecular flexibility index (Phi) is 9.14. The van der Waals surface area contributed by atoms with Gasteiger partial charge in [0.2, 0.25) is 0 Å². The SMILES string of the molecule is c1ccc(-c2ccc(-c3nc(-c4ccccc4)cc(-c4ccc(-c5c(-c6nc(-c7ccccc7)nc(-c7ccccc7)n6)ccc6ccccc56)cc4)n3)cc2)cc1. The van der Waals surface area contributed by atoms with Crippen LogP contribution in [0.3, 0.4) is 0 Å². The van der Waals surface area contributed by atoms with Crippen LogP contribution in [0.1, 0.15) is 0 Å². The maximum Gasteiger partial charge on any atom is 0.164 e. The van der Waals surface area contributed by atoms with Gasteiger partial charge < -0.3 is 0 Å². The Hall–Kier alpha value is -7.89. The molecule has 2 aromatic heterocycles. The summed E-state index contributed by atoms with van der Waals surface area (Å²) in [5.41, 5.74) is 11.9. The molecule has 0 atom stereocenters. The summed E-state index contributed by atoms with van der Waals surface area (Å²) >= 11 is 0. The lowest BCUT2D eigenvalue weighted by molar-refractivity contribution is 1.07. The third kappa shape index (κ3) is 6.93. The van der Waals surface area contributed by atoms with Gasteiger partial charge >= 0.3 is 0 Å². The largest absolute Gasteiger partial charge is 0.228 e. The molecule has 0 N–H and O–H groups in total. The van der Waals surface area contributed by atoms with Crippen LogP contribution in [0, 0.1) is 0 Å². The predicted molar refractivity (Wildman–Crippen MR) is 236 cm³/mol. The lowest BCUT2D eigenvalue weighted by atomic mass is 9.92. The van der Waals surface area contributed by atoms with E-state index in [1.165, 1.54) is 5.56 Å². The zero-order valence-electron chi connectivity index (χ0n) is 31.4. The topological polar surface area (TPSA) is 64.5 Å². The zero-order valence-corrected chi connectivity index (χ0v) is 31.4. The van der Waals surface area contributed by atoms with Gasteiger partial charge in [-0.25, -0.2) is 24.9 Å². The number of aromatic nitrogens is 5. The van der Waals surface area contributed by atoms with Crippen LogP contribution in [0.2, 0.25) is 0 Å². The molecule has 0 saturated heterocycles. The highest BCUT2D eigenvalue weighted by molar-refractivity contribution is 6.03. The molecule has 0 aliphatic carbocycles.